The van der Waals surface area contributed by atoms with Gasteiger partial charge in [-0.3, -0.25) is 9.36 Å². The topological polar surface area (TPSA) is 148 Å². The smallest absolute Gasteiger partial charge is 0.224 e. The van der Waals surface area contributed by atoms with Crippen LogP contribution in [0.5, 0.6) is 0 Å². The number of carbonyl (C=O) groups excluding carboxylic acids is 1. The van der Waals surface area contributed by atoms with E-state index in [1.165, 1.54) is 16.8 Å². The van der Waals surface area contributed by atoms with Crippen LogP contribution in [0.15, 0.2) is 18.3 Å². The van der Waals surface area contributed by atoms with Crippen LogP contribution in [-0.4, -0.2) is 63.5 Å². The molecule has 2 aliphatic rings. The second-order valence-corrected chi connectivity index (χ2v) is 12.5. The number of hydrogen-bond donors (Lipinski definition) is 3. The van der Waals surface area contributed by atoms with Crippen molar-refractivity contribution in [2.75, 3.05) is 30.0 Å². The van der Waals surface area contributed by atoms with E-state index in [2.05, 4.69) is 20.6 Å². The van der Waals surface area contributed by atoms with Gasteiger partial charge in [-0.2, -0.15) is 4.98 Å². The quantitative estimate of drug-likeness (QED) is 0.383. The number of piperidine rings is 1. The van der Waals surface area contributed by atoms with Crippen molar-refractivity contribution in [3.05, 3.63) is 35.0 Å². The fourth-order valence-corrected chi connectivity index (χ4v) is 6.37. The van der Waals surface area contributed by atoms with E-state index in [1.54, 1.807) is 4.57 Å². The fourth-order valence-electron chi connectivity index (χ4n) is 5.30. The van der Waals surface area contributed by atoms with Crippen LogP contribution in [0.3, 0.4) is 0 Å². The first-order chi connectivity index (χ1) is 18.5. The number of benzene rings is 1. The largest absolute Gasteiger partial charge is 0.369 e. The number of fused-ring (bicyclic) bond motifs is 1. The van der Waals surface area contributed by atoms with Crippen LogP contribution >= 0.6 is 11.6 Å². The standard InChI is InChI=1S/C24H29ClF2N8O3S/c1-39(37,38)34-8-6-15(7-9-34)30-23-29-12-19-22(33-23)35(16-4-2-13(3-5-16)21(28)36)24(31-19)32-20-17(26)10-14(25)11-18(20)27/h10-13,15-16H,2-9H2,1H3,(H2,28,36)(H,31,32)(H,29,30,33)/t13-,16-. The van der Waals surface area contributed by atoms with Crippen LogP contribution < -0.4 is 16.4 Å². The Morgan fingerprint density at radius 1 is 1.08 bits per heavy atom. The van der Waals surface area contributed by atoms with Gasteiger partial charge in [0, 0.05) is 36.1 Å². The maximum atomic E-state index is 14.6. The van der Waals surface area contributed by atoms with Crippen molar-refractivity contribution in [2.45, 2.75) is 50.6 Å². The molecular formula is C24H29ClF2N8O3S. The Morgan fingerprint density at radius 2 is 1.72 bits per heavy atom. The number of imidazole rings is 1. The number of anilines is 3. The van der Waals surface area contributed by atoms with E-state index in [4.69, 9.17) is 22.3 Å². The number of sulfonamides is 1. The van der Waals surface area contributed by atoms with Crippen molar-refractivity contribution in [1.29, 1.82) is 0 Å². The number of primary amides is 1. The normalized spacial score (nSPS) is 21.2. The van der Waals surface area contributed by atoms with E-state index in [9.17, 15) is 22.0 Å². The van der Waals surface area contributed by atoms with Crippen LogP contribution in [0, 0.1) is 17.6 Å². The summed E-state index contributed by atoms with van der Waals surface area (Å²) in [4.78, 5) is 25.3. The minimum atomic E-state index is -3.24. The lowest BCUT2D eigenvalue weighted by Gasteiger charge is -2.30. The number of aromatic nitrogens is 4. The summed E-state index contributed by atoms with van der Waals surface area (Å²) in [7, 11) is -3.24. The number of carbonyl (C=O) groups is 1. The van der Waals surface area contributed by atoms with Crippen molar-refractivity contribution in [1.82, 2.24) is 23.8 Å². The molecule has 0 unspecified atom stereocenters. The number of halogens is 3. The Bertz CT molecular complexity index is 1480. The van der Waals surface area contributed by atoms with Gasteiger partial charge in [0.05, 0.1) is 12.5 Å². The summed E-state index contributed by atoms with van der Waals surface area (Å²) in [6.07, 6.45) is 6.23. The predicted octanol–water partition coefficient (Wildman–Crippen LogP) is 3.55. The molecule has 1 saturated carbocycles. The van der Waals surface area contributed by atoms with Crippen LogP contribution in [0.1, 0.15) is 44.6 Å². The zero-order chi connectivity index (χ0) is 27.9. The highest BCUT2D eigenvalue weighted by atomic mass is 35.5. The Labute approximate surface area is 229 Å². The first-order valence-corrected chi connectivity index (χ1v) is 14.9. The molecule has 2 aromatic heterocycles. The Morgan fingerprint density at radius 3 is 2.31 bits per heavy atom. The number of nitrogens with zero attached hydrogens (tertiary/aromatic N) is 5. The SMILES string of the molecule is CS(=O)(=O)N1CCC(Nc2ncc3nc(Nc4c(F)cc(Cl)cc4F)n([C@H]4CC[C@H](C(N)=O)CC4)c3n2)CC1. The van der Waals surface area contributed by atoms with E-state index in [-0.39, 0.29) is 34.9 Å². The molecule has 2 fully saturated rings. The van der Waals surface area contributed by atoms with Gasteiger partial charge in [0.25, 0.3) is 0 Å². The molecular weight excluding hydrogens is 554 g/mol. The summed E-state index contributed by atoms with van der Waals surface area (Å²) < 4.78 is 56.2. The van der Waals surface area contributed by atoms with Crippen molar-refractivity contribution < 1.29 is 22.0 Å². The third-order valence-electron chi connectivity index (χ3n) is 7.40. The molecule has 1 aliphatic carbocycles. The highest BCUT2D eigenvalue weighted by Crippen LogP contribution is 2.38. The van der Waals surface area contributed by atoms with Crippen molar-refractivity contribution >= 4 is 56.3 Å². The molecule has 210 valence electrons. The summed E-state index contributed by atoms with van der Waals surface area (Å²) in [5, 5.41) is 5.99. The minimum Gasteiger partial charge on any atom is -0.369 e. The third-order valence-corrected chi connectivity index (χ3v) is 8.92. The summed E-state index contributed by atoms with van der Waals surface area (Å²) in [6.45, 7) is 0.790. The molecule has 1 saturated heterocycles. The van der Waals surface area contributed by atoms with Crippen LogP contribution in [0.4, 0.5) is 26.4 Å². The lowest BCUT2D eigenvalue weighted by molar-refractivity contribution is -0.122. The highest BCUT2D eigenvalue weighted by Gasteiger charge is 2.30. The summed E-state index contributed by atoms with van der Waals surface area (Å²) >= 11 is 5.79. The molecule has 1 aliphatic heterocycles. The van der Waals surface area contributed by atoms with E-state index >= 15 is 0 Å². The number of nitrogens with two attached hydrogens (primary N) is 1. The molecule has 0 radical (unpaired) electrons. The van der Waals surface area contributed by atoms with Gasteiger partial charge in [-0.05, 0) is 50.7 Å². The van der Waals surface area contributed by atoms with Crippen molar-refractivity contribution in [3.8, 4) is 0 Å². The molecule has 11 nitrogen and oxygen atoms in total. The Hall–Kier alpha value is -3.10. The maximum absolute atomic E-state index is 14.6. The Kier molecular flexibility index (Phi) is 7.62. The molecule has 5 rings (SSSR count). The van der Waals surface area contributed by atoms with Gasteiger partial charge in [-0.1, -0.05) is 11.6 Å². The van der Waals surface area contributed by atoms with Gasteiger partial charge in [0.1, 0.15) is 11.2 Å². The highest BCUT2D eigenvalue weighted by molar-refractivity contribution is 7.88. The lowest BCUT2D eigenvalue weighted by atomic mass is 9.85. The van der Waals surface area contributed by atoms with Crippen LogP contribution in [0.25, 0.3) is 11.2 Å². The van der Waals surface area contributed by atoms with Gasteiger partial charge >= 0.3 is 0 Å². The van der Waals surface area contributed by atoms with E-state index in [0.717, 1.165) is 12.1 Å². The van der Waals surface area contributed by atoms with Crippen molar-refractivity contribution in [2.24, 2.45) is 11.7 Å². The molecule has 3 heterocycles. The summed E-state index contributed by atoms with van der Waals surface area (Å²) in [5.74, 6) is -1.80. The third kappa shape index (κ3) is 5.92. The fraction of sp³-hybridized carbons (Fsp3) is 0.500. The summed E-state index contributed by atoms with van der Waals surface area (Å²) in [6, 6.07) is 1.83. The second-order valence-electron chi connectivity index (χ2n) is 10.1. The molecule has 0 atom stereocenters. The van der Waals surface area contributed by atoms with Gasteiger partial charge in [-0.25, -0.2) is 31.5 Å². The zero-order valence-corrected chi connectivity index (χ0v) is 22.8. The average Bonchev–Trinajstić information content (AvgIpc) is 3.23. The average molecular weight is 583 g/mol. The number of hydrogen-bond acceptors (Lipinski definition) is 8. The first kappa shape index (κ1) is 27.5. The minimum absolute atomic E-state index is 0.0299. The van der Waals surface area contributed by atoms with Crippen LogP contribution in [-0.2, 0) is 14.8 Å². The predicted molar refractivity (Wildman–Crippen MR) is 143 cm³/mol. The molecule has 0 bridgehead atoms. The van der Waals surface area contributed by atoms with Gasteiger partial charge in [0.2, 0.25) is 27.8 Å². The van der Waals surface area contributed by atoms with E-state index in [1.807, 2.05) is 0 Å². The molecule has 3 aromatic rings. The van der Waals surface area contributed by atoms with Gasteiger partial charge in [0.15, 0.2) is 17.3 Å². The van der Waals surface area contributed by atoms with Crippen LogP contribution in [0.2, 0.25) is 5.02 Å². The van der Waals surface area contributed by atoms with E-state index in [0.29, 0.717) is 68.7 Å². The van der Waals surface area contributed by atoms with Gasteiger partial charge < -0.3 is 16.4 Å². The molecule has 0 spiro atoms. The van der Waals surface area contributed by atoms with Crippen molar-refractivity contribution in [3.63, 3.8) is 0 Å². The monoisotopic (exact) mass is 582 g/mol. The van der Waals surface area contributed by atoms with E-state index < -0.39 is 27.3 Å². The lowest BCUT2D eigenvalue weighted by Crippen LogP contribution is -2.42. The number of rotatable bonds is 7. The number of nitrogens with one attached hydrogen (secondary N) is 2. The first-order valence-electron chi connectivity index (χ1n) is 12.7. The molecule has 1 aromatic carbocycles. The molecule has 15 heteroatoms. The zero-order valence-electron chi connectivity index (χ0n) is 21.2. The molecule has 4 N–H and O–H groups in total. The second kappa shape index (κ2) is 10.8. The summed E-state index contributed by atoms with van der Waals surface area (Å²) in [5.41, 5.74) is 5.99. The molecule has 1 amide bonds. The maximum Gasteiger partial charge on any atom is 0.224 e. The Balaban J connectivity index is 1.46. The number of amides is 1. The molecule has 39 heavy (non-hydrogen) atoms. The van der Waals surface area contributed by atoms with Gasteiger partial charge in [-0.15, -0.1) is 0 Å².